The molecule has 0 saturated carbocycles. The number of dihydropyridines is 1. The number of carbonyl (C=O) groups is 1. The molecule has 1 aromatic rings. The molecule has 4 heteroatoms. The van der Waals surface area contributed by atoms with Crippen molar-refractivity contribution in [3.63, 3.8) is 0 Å². The first-order chi connectivity index (χ1) is 10.1. The van der Waals surface area contributed by atoms with Crippen molar-refractivity contribution in [3.05, 3.63) is 52.4 Å². The predicted molar refractivity (Wildman–Crippen MR) is 78.2 cm³/mol. The second-order valence-electron chi connectivity index (χ2n) is 5.47. The van der Waals surface area contributed by atoms with Crippen LogP contribution in [0.15, 0.2) is 46.8 Å². The van der Waals surface area contributed by atoms with Crippen molar-refractivity contribution in [1.82, 2.24) is 5.32 Å². The fraction of sp³-hybridized carbons (Fsp3) is 0.294. The summed E-state index contributed by atoms with van der Waals surface area (Å²) >= 11 is 0. The van der Waals surface area contributed by atoms with Gasteiger partial charge in [0.15, 0.2) is 5.78 Å². The van der Waals surface area contributed by atoms with E-state index >= 15 is 0 Å². The zero-order valence-electron chi connectivity index (χ0n) is 11.8. The second-order valence-corrected chi connectivity index (χ2v) is 5.47. The van der Waals surface area contributed by atoms with E-state index in [-0.39, 0.29) is 17.5 Å². The van der Waals surface area contributed by atoms with Gasteiger partial charge in [0, 0.05) is 23.4 Å². The molecule has 3 rings (SSSR count). The molecule has 1 atom stereocenters. The minimum absolute atomic E-state index is 0.113. The van der Waals surface area contributed by atoms with Gasteiger partial charge in [0.25, 0.3) is 0 Å². The van der Waals surface area contributed by atoms with Gasteiger partial charge in [-0.1, -0.05) is 12.1 Å². The Morgan fingerprint density at radius 1 is 1.29 bits per heavy atom. The van der Waals surface area contributed by atoms with E-state index < -0.39 is 0 Å². The second kappa shape index (κ2) is 5.10. The van der Waals surface area contributed by atoms with Gasteiger partial charge in [-0.25, -0.2) is 0 Å². The summed E-state index contributed by atoms with van der Waals surface area (Å²) in [5.74, 6) is -0.0298. The Hall–Kier alpha value is -2.54. The van der Waals surface area contributed by atoms with Gasteiger partial charge in [0.05, 0.1) is 17.6 Å². The summed E-state index contributed by atoms with van der Waals surface area (Å²) in [5.41, 5.74) is 3.92. The Morgan fingerprint density at radius 3 is 2.67 bits per heavy atom. The normalized spacial score (nSPS) is 21.7. The summed E-state index contributed by atoms with van der Waals surface area (Å²) in [6, 6.07) is 8.98. The number of carbonyl (C=O) groups excluding carboxylic acids is 1. The Kier molecular flexibility index (Phi) is 3.26. The molecule has 1 heterocycles. The van der Waals surface area contributed by atoms with Crippen LogP contribution in [0.1, 0.15) is 37.7 Å². The number of phenols is 1. The van der Waals surface area contributed by atoms with Crippen molar-refractivity contribution in [2.45, 2.75) is 32.1 Å². The molecular weight excluding hydrogens is 264 g/mol. The van der Waals surface area contributed by atoms with Crippen LogP contribution in [-0.2, 0) is 4.79 Å². The monoisotopic (exact) mass is 280 g/mol. The van der Waals surface area contributed by atoms with E-state index in [2.05, 4.69) is 11.4 Å². The quantitative estimate of drug-likeness (QED) is 0.829. The minimum Gasteiger partial charge on any atom is -0.508 e. The zero-order valence-corrected chi connectivity index (χ0v) is 11.8. The van der Waals surface area contributed by atoms with Gasteiger partial charge in [0.1, 0.15) is 5.75 Å². The number of aromatic hydroxyl groups is 1. The van der Waals surface area contributed by atoms with Gasteiger partial charge < -0.3 is 10.4 Å². The number of nitrogens with zero attached hydrogens (tertiary/aromatic N) is 1. The third kappa shape index (κ3) is 2.21. The van der Waals surface area contributed by atoms with Crippen LogP contribution in [0.25, 0.3) is 0 Å². The zero-order chi connectivity index (χ0) is 15.0. The van der Waals surface area contributed by atoms with E-state index in [0.29, 0.717) is 17.6 Å². The van der Waals surface area contributed by atoms with Crippen LogP contribution < -0.4 is 5.32 Å². The Balaban J connectivity index is 2.17. The summed E-state index contributed by atoms with van der Waals surface area (Å²) in [7, 11) is 0. The molecule has 0 bridgehead atoms. The van der Waals surface area contributed by atoms with E-state index in [1.54, 1.807) is 24.3 Å². The molecule has 0 amide bonds. The minimum atomic E-state index is -0.320. The molecule has 0 aromatic heterocycles. The summed E-state index contributed by atoms with van der Waals surface area (Å²) in [6.45, 7) is 1.87. The van der Waals surface area contributed by atoms with Crippen molar-refractivity contribution < 1.29 is 9.90 Å². The van der Waals surface area contributed by atoms with E-state index in [1.807, 2.05) is 6.92 Å². The Morgan fingerprint density at radius 2 is 2.00 bits per heavy atom. The highest BCUT2D eigenvalue weighted by Crippen LogP contribution is 2.41. The van der Waals surface area contributed by atoms with E-state index in [4.69, 9.17) is 0 Å². The van der Waals surface area contributed by atoms with Crippen LogP contribution in [0.4, 0.5) is 0 Å². The SMILES string of the molecule is CC1=C(C#N)[C@@H](c2ccc(O)cc2)C2=C(CCCC2=O)N1. The number of rotatable bonds is 1. The number of hydrogen-bond donors (Lipinski definition) is 2. The number of nitrogens with one attached hydrogen (secondary N) is 1. The van der Waals surface area contributed by atoms with E-state index in [0.717, 1.165) is 29.8 Å². The maximum absolute atomic E-state index is 12.4. The number of ketones is 1. The fourth-order valence-electron chi connectivity index (χ4n) is 3.13. The van der Waals surface area contributed by atoms with E-state index in [9.17, 15) is 15.2 Å². The van der Waals surface area contributed by atoms with Crippen LogP contribution in [0.5, 0.6) is 5.75 Å². The first kappa shape index (κ1) is 13.4. The van der Waals surface area contributed by atoms with Crippen molar-refractivity contribution in [3.8, 4) is 11.8 Å². The highest BCUT2D eigenvalue weighted by molar-refractivity contribution is 5.99. The first-order valence-electron chi connectivity index (χ1n) is 7.05. The molecule has 0 unspecified atom stereocenters. The first-order valence-corrected chi connectivity index (χ1v) is 7.05. The maximum atomic E-state index is 12.4. The van der Waals surface area contributed by atoms with Crippen LogP contribution in [0.2, 0.25) is 0 Å². The number of allylic oxidation sites excluding steroid dienone is 4. The molecule has 1 aliphatic heterocycles. The average Bonchev–Trinajstić information content (AvgIpc) is 2.47. The maximum Gasteiger partial charge on any atom is 0.161 e. The average molecular weight is 280 g/mol. The topological polar surface area (TPSA) is 73.1 Å². The lowest BCUT2D eigenvalue weighted by molar-refractivity contribution is -0.116. The number of hydrogen-bond acceptors (Lipinski definition) is 4. The van der Waals surface area contributed by atoms with Crippen molar-refractivity contribution >= 4 is 5.78 Å². The van der Waals surface area contributed by atoms with Crippen LogP contribution >= 0.6 is 0 Å². The third-order valence-electron chi connectivity index (χ3n) is 4.12. The van der Waals surface area contributed by atoms with Gasteiger partial charge in [-0.3, -0.25) is 4.79 Å². The molecule has 0 fully saturated rings. The number of benzene rings is 1. The van der Waals surface area contributed by atoms with Gasteiger partial charge in [-0.15, -0.1) is 0 Å². The molecule has 0 radical (unpaired) electrons. The molecular formula is C17H16N2O2. The number of Topliss-reactive ketones (excluding diaryl/α,β-unsaturated/α-hetero) is 1. The smallest absolute Gasteiger partial charge is 0.161 e. The van der Waals surface area contributed by atoms with Crippen LogP contribution in [0, 0.1) is 11.3 Å². The third-order valence-corrected chi connectivity index (χ3v) is 4.12. The van der Waals surface area contributed by atoms with E-state index in [1.165, 1.54) is 0 Å². The molecule has 4 nitrogen and oxygen atoms in total. The predicted octanol–water partition coefficient (Wildman–Crippen LogP) is 2.88. The van der Waals surface area contributed by atoms with Crippen molar-refractivity contribution in [2.24, 2.45) is 0 Å². The number of phenolic OH excluding ortho intramolecular Hbond substituents is 1. The lowest BCUT2D eigenvalue weighted by Crippen LogP contribution is -2.31. The molecule has 0 saturated heterocycles. The summed E-state index contributed by atoms with van der Waals surface area (Å²) in [6.07, 6.45) is 2.22. The molecule has 1 aromatic carbocycles. The van der Waals surface area contributed by atoms with Crippen LogP contribution in [-0.4, -0.2) is 10.9 Å². The summed E-state index contributed by atoms with van der Waals surface area (Å²) in [5, 5.41) is 22.2. The lowest BCUT2D eigenvalue weighted by atomic mass is 9.76. The molecule has 21 heavy (non-hydrogen) atoms. The van der Waals surface area contributed by atoms with Crippen molar-refractivity contribution in [1.29, 1.82) is 5.26 Å². The molecule has 0 spiro atoms. The molecule has 106 valence electrons. The Labute approximate surface area is 123 Å². The van der Waals surface area contributed by atoms with Crippen LogP contribution in [0.3, 0.4) is 0 Å². The van der Waals surface area contributed by atoms with Gasteiger partial charge >= 0.3 is 0 Å². The molecule has 2 aliphatic rings. The summed E-state index contributed by atoms with van der Waals surface area (Å²) in [4.78, 5) is 12.4. The number of nitriles is 1. The largest absolute Gasteiger partial charge is 0.508 e. The Bertz CT molecular complexity index is 705. The lowest BCUT2D eigenvalue weighted by Gasteiger charge is -2.32. The fourth-order valence-corrected chi connectivity index (χ4v) is 3.13. The van der Waals surface area contributed by atoms with Gasteiger partial charge in [0.2, 0.25) is 0 Å². The van der Waals surface area contributed by atoms with Gasteiger partial charge in [-0.2, -0.15) is 5.26 Å². The molecule has 2 N–H and O–H groups in total. The molecule has 1 aliphatic carbocycles. The van der Waals surface area contributed by atoms with Crippen molar-refractivity contribution in [2.75, 3.05) is 0 Å². The standard InChI is InChI=1S/C17H16N2O2/c1-10-13(9-18)16(11-5-7-12(20)8-6-11)17-14(19-10)3-2-4-15(17)21/h5-8,16,19-20H,2-4H2,1H3/t16-/m1/s1. The summed E-state index contributed by atoms with van der Waals surface area (Å²) < 4.78 is 0. The highest BCUT2D eigenvalue weighted by Gasteiger charge is 2.35. The highest BCUT2D eigenvalue weighted by atomic mass is 16.3. The van der Waals surface area contributed by atoms with Gasteiger partial charge in [-0.05, 0) is 37.5 Å².